The van der Waals surface area contributed by atoms with Gasteiger partial charge in [-0.15, -0.1) is 0 Å². The molecule has 2 atom stereocenters. The van der Waals surface area contributed by atoms with Gasteiger partial charge < -0.3 is 9.84 Å². The fourth-order valence-corrected chi connectivity index (χ4v) is 2.07. The van der Waals surface area contributed by atoms with Gasteiger partial charge in [0, 0.05) is 0 Å². The Hall–Kier alpha value is -1.35. The van der Waals surface area contributed by atoms with Crippen molar-refractivity contribution in [1.82, 2.24) is 0 Å². The van der Waals surface area contributed by atoms with Gasteiger partial charge in [0.1, 0.15) is 5.60 Å². The lowest BCUT2D eigenvalue weighted by Crippen LogP contribution is -2.30. The summed E-state index contributed by atoms with van der Waals surface area (Å²) in [6.07, 6.45) is -0.837. The van der Waals surface area contributed by atoms with Gasteiger partial charge in [0.25, 0.3) is 0 Å². The smallest absolute Gasteiger partial charge is 0.312 e. The number of rotatable bonds is 3. The molecule has 0 aliphatic carbocycles. The molecule has 0 saturated heterocycles. The zero-order chi connectivity index (χ0) is 14.8. The second-order valence-electron chi connectivity index (χ2n) is 6.07. The van der Waals surface area contributed by atoms with Gasteiger partial charge in [-0.2, -0.15) is 0 Å². The summed E-state index contributed by atoms with van der Waals surface area (Å²) in [5, 5.41) is 10.4. The Morgan fingerprint density at radius 1 is 1.21 bits per heavy atom. The van der Waals surface area contributed by atoms with Crippen LogP contribution in [-0.2, 0) is 9.53 Å². The average molecular weight is 264 g/mol. The highest BCUT2D eigenvalue weighted by molar-refractivity contribution is 5.73. The van der Waals surface area contributed by atoms with E-state index in [9.17, 15) is 9.90 Å². The van der Waals surface area contributed by atoms with E-state index in [0.29, 0.717) is 0 Å². The topological polar surface area (TPSA) is 46.5 Å². The first-order valence-corrected chi connectivity index (χ1v) is 6.60. The molecule has 1 aromatic rings. The third-order valence-electron chi connectivity index (χ3n) is 3.09. The van der Waals surface area contributed by atoms with E-state index in [-0.39, 0.29) is 5.97 Å². The maximum atomic E-state index is 12.0. The first kappa shape index (κ1) is 15.7. The number of carbonyl (C=O) groups excluding carboxylic acids is 1. The third kappa shape index (κ3) is 4.06. The molecule has 1 N–H and O–H groups in total. The molecule has 0 bridgehead atoms. The first-order valence-electron chi connectivity index (χ1n) is 6.60. The molecule has 0 amide bonds. The van der Waals surface area contributed by atoms with Crippen LogP contribution < -0.4 is 0 Å². The summed E-state index contributed by atoms with van der Waals surface area (Å²) in [5.74, 6) is -0.957. The standard InChI is InChI=1S/C16H24O3/c1-10-8-7-9-11(2)13(10)14(17)12(3)15(18)19-16(4,5)6/h7-9,12,14,17H,1-6H3. The highest BCUT2D eigenvalue weighted by atomic mass is 16.6. The van der Waals surface area contributed by atoms with Crippen molar-refractivity contribution in [3.8, 4) is 0 Å². The van der Waals surface area contributed by atoms with Crippen LogP contribution in [-0.4, -0.2) is 16.7 Å². The van der Waals surface area contributed by atoms with Crippen LogP contribution in [0.15, 0.2) is 18.2 Å². The Bertz CT molecular complexity index is 437. The number of benzene rings is 1. The van der Waals surface area contributed by atoms with Crippen LogP contribution in [0.25, 0.3) is 0 Å². The van der Waals surface area contributed by atoms with Gasteiger partial charge in [-0.05, 0) is 58.2 Å². The molecule has 0 heterocycles. The summed E-state index contributed by atoms with van der Waals surface area (Å²) in [5.41, 5.74) is 2.26. The number of hydrogen-bond acceptors (Lipinski definition) is 3. The van der Waals surface area contributed by atoms with Gasteiger partial charge in [0.05, 0.1) is 12.0 Å². The van der Waals surface area contributed by atoms with Crippen molar-refractivity contribution in [2.75, 3.05) is 0 Å². The lowest BCUT2D eigenvalue weighted by molar-refractivity contribution is -0.163. The van der Waals surface area contributed by atoms with Crippen LogP contribution in [0, 0.1) is 19.8 Å². The Morgan fingerprint density at radius 3 is 2.11 bits per heavy atom. The zero-order valence-corrected chi connectivity index (χ0v) is 12.7. The maximum Gasteiger partial charge on any atom is 0.312 e. The Kier molecular flexibility index (Phi) is 4.75. The van der Waals surface area contributed by atoms with Crippen molar-refractivity contribution in [3.05, 3.63) is 34.9 Å². The Labute approximate surface area is 115 Å². The number of aliphatic hydroxyl groups is 1. The molecule has 0 aliphatic heterocycles. The molecular weight excluding hydrogens is 240 g/mol. The Morgan fingerprint density at radius 2 is 1.68 bits per heavy atom. The summed E-state index contributed by atoms with van der Waals surface area (Å²) in [7, 11) is 0. The van der Waals surface area contributed by atoms with E-state index >= 15 is 0 Å². The fraction of sp³-hybridized carbons (Fsp3) is 0.562. The monoisotopic (exact) mass is 264 g/mol. The number of esters is 1. The van der Waals surface area contributed by atoms with E-state index in [0.717, 1.165) is 16.7 Å². The highest BCUT2D eigenvalue weighted by Gasteiger charge is 2.29. The number of carbonyl (C=O) groups is 1. The molecule has 0 aliphatic rings. The van der Waals surface area contributed by atoms with Crippen LogP contribution >= 0.6 is 0 Å². The summed E-state index contributed by atoms with van der Waals surface area (Å²) < 4.78 is 5.32. The Balaban J connectivity index is 2.94. The molecule has 2 unspecified atom stereocenters. The zero-order valence-electron chi connectivity index (χ0n) is 12.7. The van der Waals surface area contributed by atoms with Crippen molar-refractivity contribution >= 4 is 5.97 Å². The molecule has 3 heteroatoms. The van der Waals surface area contributed by atoms with Crippen LogP contribution in [0.1, 0.15) is 50.5 Å². The van der Waals surface area contributed by atoms with Crippen molar-refractivity contribution in [2.45, 2.75) is 53.2 Å². The second-order valence-corrected chi connectivity index (χ2v) is 6.07. The highest BCUT2D eigenvalue weighted by Crippen LogP contribution is 2.29. The number of hydrogen-bond donors (Lipinski definition) is 1. The van der Waals surface area contributed by atoms with Gasteiger partial charge in [-0.3, -0.25) is 4.79 Å². The SMILES string of the molecule is Cc1cccc(C)c1C(O)C(C)C(=O)OC(C)(C)C. The van der Waals surface area contributed by atoms with Crippen molar-refractivity contribution in [1.29, 1.82) is 0 Å². The van der Waals surface area contributed by atoms with E-state index in [1.807, 2.05) is 52.8 Å². The lowest BCUT2D eigenvalue weighted by Gasteiger charge is -2.26. The maximum absolute atomic E-state index is 12.0. The van der Waals surface area contributed by atoms with E-state index in [4.69, 9.17) is 4.74 Å². The number of aliphatic hydroxyl groups excluding tert-OH is 1. The van der Waals surface area contributed by atoms with E-state index in [2.05, 4.69) is 0 Å². The van der Waals surface area contributed by atoms with Crippen LogP contribution in [0.3, 0.4) is 0 Å². The average Bonchev–Trinajstić information content (AvgIpc) is 2.25. The third-order valence-corrected chi connectivity index (χ3v) is 3.09. The number of aryl methyl sites for hydroxylation is 2. The van der Waals surface area contributed by atoms with Gasteiger partial charge >= 0.3 is 5.97 Å². The van der Waals surface area contributed by atoms with Gasteiger partial charge in [-0.25, -0.2) is 0 Å². The molecule has 0 saturated carbocycles. The molecule has 1 rings (SSSR count). The first-order chi connectivity index (χ1) is 8.63. The van der Waals surface area contributed by atoms with Gasteiger partial charge in [0.2, 0.25) is 0 Å². The van der Waals surface area contributed by atoms with Crippen molar-refractivity contribution < 1.29 is 14.6 Å². The van der Waals surface area contributed by atoms with Crippen molar-refractivity contribution in [2.24, 2.45) is 5.92 Å². The largest absolute Gasteiger partial charge is 0.460 e. The molecule has 19 heavy (non-hydrogen) atoms. The molecule has 0 spiro atoms. The summed E-state index contributed by atoms with van der Waals surface area (Å²) >= 11 is 0. The van der Waals surface area contributed by atoms with Crippen LogP contribution in [0.4, 0.5) is 0 Å². The molecule has 106 valence electrons. The number of ether oxygens (including phenoxy) is 1. The minimum atomic E-state index is -0.837. The van der Waals surface area contributed by atoms with Gasteiger partial charge in [0.15, 0.2) is 0 Å². The molecule has 0 fully saturated rings. The summed E-state index contributed by atoms with van der Waals surface area (Å²) in [4.78, 5) is 12.0. The molecule has 1 aromatic carbocycles. The molecule has 0 aromatic heterocycles. The molecule has 3 nitrogen and oxygen atoms in total. The van der Waals surface area contributed by atoms with Gasteiger partial charge in [-0.1, -0.05) is 18.2 Å². The quantitative estimate of drug-likeness (QED) is 0.852. The summed E-state index contributed by atoms with van der Waals surface area (Å²) in [6.45, 7) is 11.0. The predicted molar refractivity (Wildman–Crippen MR) is 75.9 cm³/mol. The van der Waals surface area contributed by atoms with E-state index < -0.39 is 17.6 Å². The van der Waals surface area contributed by atoms with E-state index in [1.165, 1.54) is 0 Å². The van der Waals surface area contributed by atoms with Crippen LogP contribution in [0.5, 0.6) is 0 Å². The van der Waals surface area contributed by atoms with Crippen molar-refractivity contribution in [3.63, 3.8) is 0 Å². The van der Waals surface area contributed by atoms with Crippen LogP contribution in [0.2, 0.25) is 0 Å². The molecule has 0 radical (unpaired) electrons. The lowest BCUT2D eigenvalue weighted by atomic mass is 9.90. The fourth-order valence-electron chi connectivity index (χ4n) is 2.07. The van der Waals surface area contributed by atoms with E-state index in [1.54, 1.807) is 6.92 Å². The minimum Gasteiger partial charge on any atom is -0.460 e. The predicted octanol–water partition coefficient (Wildman–Crippen LogP) is 3.31. The molecular formula is C16H24O3. The second kappa shape index (κ2) is 5.74. The summed E-state index contributed by atoms with van der Waals surface area (Å²) in [6, 6.07) is 5.82. The minimum absolute atomic E-state index is 0.373. The normalized spacial score (nSPS) is 14.9.